The van der Waals surface area contributed by atoms with Gasteiger partial charge in [-0.05, 0) is 17.7 Å². The zero-order valence-electron chi connectivity index (χ0n) is 8.61. The summed E-state index contributed by atoms with van der Waals surface area (Å²) in [5.41, 5.74) is 0.901. The normalized spacial score (nSPS) is 15.9. The van der Waals surface area contributed by atoms with Crippen molar-refractivity contribution in [2.75, 3.05) is 0 Å². The molecule has 0 amide bonds. The average molecular weight is 205 g/mol. The fourth-order valence-corrected chi connectivity index (χ4v) is 1.49. The van der Waals surface area contributed by atoms with Crippen LogP contribution in [0, 0.1) is 0 Å². The summed E-state index contributed by atoms with van der Waals surface area (Å²) in [4.78, 5) is 13.5. The van der Waals surface area contributed by atoms with E-state index in [1.807, 2.05) is 32.0 Å². The second-order valence-electron chi connectivity index (χ2n) is 3.79. The molecule has 0 atom stereocenters. The van der Waals surface area contributed by atoms with E-state index in [0.29, 0.717) is 12.3 Å². The number of hydrogen-bond acceptors (Lipinski definition) is 4. The van der Waals surface area contributed by atoms with Crippen LogP contribution in [0.3, 0.4) is 0 Å². The van der Waals surface area contributed by atoms with Gasteiger partial charge in [0.25, 0.3) is 0 Å². The topological polar surface area (TPSA) is 47.9 Å². The lowest BCUT2D eigenvalue weighted by atomic mass is 10.2. The summed E-state index contributed by atoms with van der Waals surface area (Å²) in [6.45, 7) is 4.01. The molecule has 15 heavy (non-hydrogen) atoms. The van der Waals surface area contributed by atoms with Crippen LogP contribution in [-0.2, 0) is 11.3 Å². The molecule has 0 saturated heterocycles. The molecule has 0 aliphatic carbocycles. The van der Waals surface area contributed by atoms with Gasteiger partial charge in [-0.1, -0.05) is 6.07 Å². The third kappa shape index (κ3) is 2.00. The van der Waals surface area contributed by atoms with E-state index in [4.69, 9.17) is 9.47 Å². The van der Waals surface area contributed by atoms with Crippen LogP contribution in [0.2, 0.25) is 0 Å². The predicted octanol–water partition coefficient (Wildman–Crippen LogP) is 2.03. The molecule has 0 unspecified atom stereocenters. The Morgan fingerprint density at radius 1 is 1.33 bits per heavy atom. The Labute approximate surface area is 87.5 Å². The molecule has 2 rings (SSSR count). The van der Waals surface area contributed by atoms with Gasteiger partial charge in [-0.15, -0.1) is 0 Å². The minimum Gasteiger partial charge on any atom is -0.449 e. The smallest absolute Gasteiger partial charge is 0.246 e. The van der Waals surface area contributed by atoms with Gasteiger partial charge >= 0.3 is 0 Å². The highest BCUT2D eigenvalue weighted by atomic mass is 16.7. The third-order valence-electron chi connectivity index (χ3n) is 2.05. The summed E-state index contributed by atoms with van der Waals surface area (Å²) >= 11 is 0. The number of rotatable bonds is 2. The number of ether oxygens (including phenoxy) is 2. The summed E-state index contributed by atoms with van der Waals surface area (Å²) in [5.74, 6) is 0.798. The molecule has 1 aliphatic rings. The van der Waals surface area contributed by atoms with Gasteiger partial charge in [0.05, 0.1) is 6.54 Å². The highest BCUT2D eigenvalue weighted by molar-refractivity contribution is 5.46. The maximum Gasteiger partial charge on any atom is 0.246 e. The SMILES string of the molecule is CC1(C)Oc2ccc(CN=C=O)cc2O1. The van der Waals surface area contributed by atoms with Crippen molar-refractivity contribution in [3.63, 3.8) is 0 Å². The van der Waals surface area contributed by atoms with Gasteiger partial charge in [0, 0.05) is 13.8 Å². The summed E-state index contributed by atoms with van der Waals surface area (Å²) in [5, 5.41) is 0. The van der Waals surface area contributed by atoms with Gasteiger partial charge < -0.3 is 9.47 Å². The Morgan fingerprint density at radius 3 is 2.80 bits per heavy atom. The minimum absolute atomic E-state index is 0.320. The first-order chi connectivity index (χ1) is 7.11. The van der Waals surface area contributed by atoms with Gasteiger partial charge in [-0.2, -0.15) is 0 Å². The monoisotopic (exact) mass is 205 g/mol. The number of benzene rings is 1. The van der Waals surface area contributed by atoms with E-state index in [1.165, 1.54) is 6.08 Å². The van der Waals surface area contributed by atoms with E-state index in [-0.39, 0.29) is 0 Å². The fourth-order valence-electron chi connectivity index (χ4n) is 1.49. The average Bonchev–Trinajstić information content (AvgIpc) is 2.47. The van der Waals surface area contributed by atoms with Crippen LogP contribution in [0.1, 0.15) is 19.4 Å². The molecule has 78 valence electrons. The lowest BCUT2D eigenvalue weighted by molar-refractivity contribution is -0.0431. The highest BCUT2D eigenvalue weighted by Gasteiger charge is 2.31. The Kier molecular flexibility index (Phi) is 2.21. The van der Waals surface area contributed by atoms with Crippen molar-refractivity contribution in [1.82, 2.24) is 0 Å². The molecule has 0 N–H and O–H groups in total. The Balaban J connectivity index is 2.26. The number of aliphatic imine (C=N–C) groups is 1. The standard InChI is InChI=1S/C11H11NO3/c1-11(2)14-9-4-3-8(6-12-7-13)5-10(9)15-11/h3-5H,6H2,1-2H3. The summed E-state index contributed by atoms with van der Waals surface area (Å²) in [7, 11) is 0. The van der Waals surface area contributed by atoms with Crippen molar-refractivity contribution in [1.29, 1.82) is 0 Å². The first-order valence-electron chi connectivity index (χ1n) is 4.65. The van der Waals surface area contributed by atoms with Crippen molar-refractivity contribution in [2.45, 2.75) is 26.2 Å². The van der Waals surface area contributed by atoms with Gasteiger partial charge in [-0.25, -0.2) is 9.79 Å². The van der Waals surface area contributed by atoms with Crippen molar-refractivity contribution < 1.29 is 14.3 Å². The molecular weight excluding hydrogens is 194 g/mol. The first kappa shape index (κ1) is 9.74. The van der Waals surface area contributed by atoms with E-state index >= 15 is 0 Å². The molecule has 0 radical (unpaired) electrons. The Hall–Kier alpha value is -1.80. The van der Waals surface area contributed by atoms with Crippen LogP contribution in [0.5, 0.6) is 11.5 Å². The van der Waals surface area contributed by atoms with Crippen LogP contribution >= 0.6 is 0 Å². The van der Waals surface area contributed by atoms with E-state index in [1.54, 1.807) is 0 Å². The maximum atomic E-state index is 9.97. The Morgan fingerprint density at radius 2 is 2.07 bits per heavy atom. The number of carbonyl (C=O) groups excluding carboxylic acids is 1. The number of nitrogens with zero attached hydrogens (tertiary/aromatic N) is 1. The summed E-state index contributed by atoms with van der Waals surface area (Å²) < 4.78 is 11.1. The molecule has 0 spiro atoms. The van der Waals surface area contributed by atoms with Gasteiger partial charge in [0.15, 0.2) is 11.5 Å². The number of isocyanates is 1. The van der Waals surface area contributed by atoms with E-state index in [0.717, 1.165) is 11.3 Å². The molecule has 0 bridgehead atoms. The lowest BCUT2D eigenvalue weighted by Crippen LogP contribution is -2.29. The molecule has 4 nitrogen and oxygen atoms in total. The maximum absolute atomic E-state index is 9.97. The van der Waals surface area contributed by atoms with Crippen molar-refractivity contribution in [2.24, 2.45) is 4.99 Å². The van der Waals surface area contributed by atoms with Crippen LogP contribution in [0.15, 0.2) is 23.2 Å². The molecule has 4 heteroatoms. The van der Waals surface area contributed by atoms with Gasteiger partial charge in [-0.3, -0.25) is 0 Å². The van der Waals surface area contributed by atoms with Crippen LogP contribution in [-0.4, -0.2) is 11.9 Å². The number of hydrogen-bond donors (Lipinski definition) is 0. The Bertz CT molecular complexity index is 433. The second kappa shape index (κ2) is 3.41. The van der Waals surface area contributed by atoms with Crippen LogP contribution < -0.4 is 9.47 Å². The van der Waals surface area contributed by atoms with E-state index in [9.17, 15) is 4.79 Å². The quantitative estimate of drug-likeness (QED) is 0.548. The molecule has 1 heterocycles. The van der Waals surface area contributed by atoms with Gasteiger partial charge in [0.2, 0.25) is 11.9 Å². The molecule has 0 saturated carbocycles. The molecule has 1 aliphatic heterocycles. The van der Waals surface area contributed by atoms with Gasteiger partial charge in [0.1, 0.15) is 0 Å². The molecule has 0 aromatic heterocycles. The van der Waals surface area contributed by atoms with Crippen LogP contribution in [0.4, 0.5) is 0 Å². The molecule has 1 aromatic carbocycles. The number of fused-ring (bicyclic) bond motifs is 1. The van der Waals surface area contributed by atoms with Crippen LogP contribution in [0.25, 0.3) is 0 Å². The summed E-state index contributed by atoms with van der Waals surface area (Å²) in [6, 6.07) is 5.50. The minimum atomic E-state index is -0.616. The molecule has 1 aromatic rings. The first-order valence-corrected chi connectivity index (χ1v) is 4.65. The van der Waals surface area contributed by atoms with Crippen molar-refractivity contribution in [3.8, 4) is 11.5 Å². The zero-order chi connectivity index (χ0) is 10.9. The molecular formula is C11H11NO3. The van der Waals surface area contributed by atoms with E-state index in [2.05, 4.69) is 4.99 Å². The zero-order valence-corrected chi connectivity index (χ0v) is 8.61. The largest absolute Gasteiger partial charge is 0.449 e. The highest BCUT2D eigenvalue weighted by Crippen LogP contribution is 2.39. The second-order valence-corrected chi connectivity index (χ2v) is 3.79. The lowest BCUT2D eigenvalue weighted by Gasteiger charge is -2.16. The van der Waals surface area contributed by atoms with Crippen molar-refractivity contribution in [3.05, 3.63) is 23.8 Å². The molecule has 0 fully saturated rings. The summed E-state index contributed by atoms with van der Waals surface area (Å²) in [6.07, 6.45) is 1.50. The van der Waals surface area contributed by atoms with E-state index < -0.39 is 5.79 Å². The van der Waals surface area contributed by atoms with Crippen molar-refractivity contribution >= 4 is 6.08 Å². The fraction of sp³-hybridized carbons (Fsp3) is 0.364. The third-order valence-corrected chi connectivity index (χ3v) is 2.05. The predicted molar refractivity (Wildman–Crippen MR) is 53.6 cm³/mol.